The summed E-state index contributed by atoms with van der Waals surface area (Å²) in [4.78, 5) is 19.2. The number of aliphatic carboxylic acids is 1. The number of ether oxygens (including phenoxy) is 1. The number of aryl methyl sites for hydroxylation is 1. The molecule has 0 aliphatic heterocycles. The fourth-order valence-corrected chi connectivity index (χ4v) is 1.38. The number of carboxylic acid groups (broad SMARTS) is 1. The summed E-state index contributed by atoms with van der Waals surface area (Å²) in [6.07, 6.45) is 5.15. The van der Waals surface area contributed by atoms with E-state index < -0.39 is 12.0 Å². The van der Waals surface area contributed by atoms with Crippen molar-refractivity contribution in [1.29, 1.82) is 0 Å². The van der Waals surface area contributed by atoms with Gasteiger partial charge in [-0.2, -0.15) is 4.98 Å². The maximum absolute atomic E-state index is 11.0. The Morgan fingerprint density at radius 1 is 1.58 bits per heavy atom. The summed E-state index contributed by atoms with van der Waals surface area (Å²) in [5, 5.41) is 11.7. The first-order valence-electron chi connectivity index (χ1n) is 5.87. The van der Waals surface area contributed by atoms with Crippen LogP contribution in [-0.4, -0.2) is 33.2 Å². The summed E-state index contributed by atoms with van der Waals surface area (Å²) < 4.78 is 5.46. The average Bonchev–Trinajstić information content (AvgIpc) is 2.26. The highest BCUT2D eigenvalue weighted by Crippen LogP contribution is 2.14. The number of anilines is 1. The number of terminal acetylenes is 1. The predicted molar refractivity (Wildman–Crippen MR) is 71.0 cm³/mol. The molecule has 0 aliphatic carbocycles. The van der Waals surface area contributed by atoms with Gasteiger partial charge < -0.3 is 15.2 Å². The first kappa shape index (κ1) is 14.8. The maximum atomic E-state index is 11.0. The SMILES string of the molecule is C#CCC(Nc1nc(C)cc(OC(C)C)n1)C(=O)O. The molecule has 0 aliphatic rings. The molecule has 0 saturated heterocycles. The monoisotopic (exact) mass is 263 g/mol. The third kappa shape index (κ3) is 4.84. The van der Waals surface area contributed by atoms with Crippen molar-refractivity contribution in [3.8, 4) is 18.2 Å². The second-order valence-electron chi connectivity index (χ2n) is 4.28. The maximum Gasteiger partial charge on any atom is 0.327 e. The van der Waals surface area contributed by atoms with Gasteiger partial charge in [0.15, 0.2) is 0 Å². The fourth-order valence-electron chi connectivity index (χ4n) is 1.38. The fraction of sp³-hybridized carbons (Fsp3) is 0.462. The summed E-state index contributed by atoms with van der Waals surface area (Å²) in [7, 11) is 0. The number of hydrogen-bond donors (Lipinski definition) is 2. The molecule has 0 amide bonds. The van der Waals surface area contributed by atoms with Crippen LogP contribution in [0.25, 0.3) is 0 Å². The molecule has 19 heavy (non-hydrogen) atoms. The first-order valence-corrected chi connectivity index (χ1v) is 5.87. The predicted octanol–water partition coefficient (Wildman–Crippen LogP) is 1.46. The molecule has 0 aromatic carbocycles. The van der Waals surface area contributed by atoms with Gasteiger partial charge in [0.2, 0.25) is 11.8 Å². The Hall–Kier alpha value is -2.29. The summed E-state index contributed by atoms with van der Waals surface area (Å²) in [6.45, 7) is 5.53. The molecule has 6 heteroatoms. The summed E-state index contributed by atoms with van der Waals surface area (Å²) in [6, 6.07) is 0.765. The lowest BCUT2D eigenvalue weighted by molar-refractivity contribution is -0.137. The normalized spacial score (nSPS) is 11.7. The Morgan fingerprint density at radius 3 is 2.79 bits per heavy atom. The van der Waals surface area contributed by atoms with Crippen LogP contribution >= 0.6 is 0 Å². The Bertz CT molecular complexity index is 494. The van der Waals surface area contributed by atoms with Crippen LogP contribution in [0.2, 0.25) is 0 Å². The molecule has 0 bridgehead atoms. The van der Waals surface area contributed by atoms with Gasteiger partial charge in [0.05, 0.1) is 6.10 Å². The van der Waals surface area contributed by atoms with Gasteiger partial charge in [0, 0.05) is 18.2 Å². The van der Waals surface area contributed by atoms with Crippen molar-refractivity contribution < 1.29 is 14.6 Å². The highest BCUT2D eigenvalue weighted by molar-refractivity contribution is 5.76. The van der Waals surface area contributed by atoms with Crippen molar-refractivity contribution in [3.05, 3.63) is 11.8 Å². The number of carboxylic acids is 1. The van der Waals surface area contributed by atoms with Gasteiger partial charge in [-0.15, -0.1) is 12.3 Å². The van der Waals surface area contributed by atoms with Crippen molar-refractivity contribution in [2.75, 3.05) is 5.32 Å². The highest BCUT2D eigenvalue weighted by atomic mass is 16.5. The smallest absolute Gasteiger partial charge is 0.327 e. The third-order valence-electron chi connectivity index (χ3n) is 2.11. The molecular weight excluding hydrogens is 246 g/mol. The van der Waals surface area contributed by atoms with E-state index >= 15 is 0 Å². The quantitative estimate of drug-likeness (QED) is 0.756. The van der Waals surface area contributed by atoms with Gasteiger partial charge in [0.25, 0.3) is 0 Å². The van der Waals surface area contributed by atoms with Gasteiger partial charge in [-0.25, -0.2) is 9.78 Å². The van der Waals surface area contributed by atoms with Crippen LogP contribution in [0.15, 0.2) is 6.07 Å². The first-order chi connectivity index (χ1) is 8.92. The van der Waals surface area contributed by atoms with Crippen molar-refractivity contribution in [3.63, 3.8) is 0 Å². The van der Waals surface area contributed by atoms with Gasteiger partial charge in [-0.3, -0.25) is 0 Å². The summed E-state index contributed by atoms with van der Waals surface area (Å²) in [5.74, 6) is 1.84. The second kappa shape index (κ2) is 6.59. The molecule has 1 rings (SSSR count). The lowest BCUT2D eigenvalue weighted by Crippen LogP contribution is -2.29. The van der Waals surface area contributed by atoms with Crippen molar-refractivity contribution in [2.24, 2.45) is 0 Å². The minimum Gasteiger partial charge on any atom is -0.480 e. The van der Waals surface area contributed by atoms with Crippen LogP contribution in [0.3, 0.4) is 0 Å². The number of rotatable bonds is 6. The molecule has 1 heterocycles. The van der Waals surface area contributed by atoms with E-state index in [2.05, 4.69) is 21.2 Å². The summed E-state index contributed by atoms with van der Waals surface area (Å²) >= 11 is 0. The Kier molecular flexibility index (Phi) is 5.12. The lowest BCUT2D eigenvalue weighted by Gasteiger charge is -2.14. The molecule has 1 atom stereocenters. The van der Waals surface area contributed by atoms with Crippen molar-refractivity contribution >= 4 is 11.9 Å². The molecular formula is C13H17N3O3. The number of nitrogens with one attached hydrogen (secondary N) is 1. The zero-order valence-corrected chi connectivity index (χ0v) is 11.2. The minimum atomic E-state index is -1.05. The molecule has 1 aromatic rings. The Labute approximate surface area is 112 Å². The van der Waals surface area contributed by atoms with Gasteiger partial charge in [-0.05, 0) is 20.8 Å². The van der Waals surface area contributed by atoms with Crippen molar-refractivity contribution in [1.82, 2.24) is 9.97 Å². The van der Waals surface area contributed by atoms with E-state index in [4.69, 9.17) is 16.3 Å². The van der Waals surface area contributed by atoms with Gasteiger partial charge in [0.1, 0.15) is 6.04 Å². The van der Waals surface area contributed by atoms with Gasteiger partial charge in [-0.1, -0.05) is 0 Å². The standard InChI is InChI=1S/C13H17N3O3/c1-5-6-10(12(17)18)15-13-14-9(4)7-11(16-13)19-8(2)3/h1,7-8,10H,6H2,2-4H3,(H,17,18)(H,14,15,16). The molecule has 6 nitrogen and oxygen atoms in total. The Morgan fingerprint density at radius 2 is 2.26 bits per heavy atom. The van der Waals surface area contributed by atoms with E-state index in [1.807, 2.05) is 13.8 Å². The van der Waals surface area contributed by atoms with Crippen molar-refractivity contribution in [2.45, 2.75) is 39.3 Å². The zero-order chi connectivity index (χ0) is 14.4. The van der Waals surface area contributed by atoms with Crippen LogP contribution in [-0.2, 0) is 4.79 Å². The molecule has 102 valence electrons. The van der Waals surface area contributed by atoms with Crippen LogP contribution in [0.1, 0.15) is 26.0 Å². The van der Waals surface area contributed by atoms with E-state index in [0.717, 1.165) is 0 Å². The highest BCUT2D eigenvalue weighted by Gasteiger charge is 2.17. The molecule has 0 saturated carbocycles. The topological polar surface area (TPSA) is 84.3 Å². The average molecular weight is 263 g/mol. The second-order valence-corrected chi connectivity index (χ2v) is 4.28. The molecule has 1 unspecified atom stereocenters. The van der Waals surface area contributed by atoms with E-state index in [1.54, 1.807) is 13.0 Å². The lowest BCUT2D eigenvalue weighted by atomic mass is 10.2. The number of carbonyl (C=O) groups is 1. The van der Waals surface area contributed by atoms with E-state index in [1.165, 1.54) is 0 Å². The van der Waals surface area contributed by atoms with Crippen LogP contribution in [0.4, 0.5) is 5.95 Å². The van der Waals surface area contributed by atoms with Gasteiger partial charge >= 0.3 is 5.97 Å². The minimum absolute atomic E-state index is 0.0249. The largest absolute Gasteiger partial charge is 0.480 e. The molecule has 0 spiro atoms. The van der Waals surface area contributed by atoms with Crippen LogP contribution < -0.4 is 10.1 Å². The molecule has 0 radical (unpaired) electrons. The van der Waals surface area contributed by atoms with Crippen LogP contribution in [0, 0.1) is 19.3 Å². The zero-order valence-electron chi connectivity index (χ0n) is 11.2. The van der Waals surface area contributed by atoms with E-state index in [0.29, 0.717) is 11.6 Å². The molecule has 2 N–H and O–H groups in total. The third-order valence-corrected chi connectivity index (χ3v) is 2.11. The number of aromatic nitrogens is 2. The van der Waals surface area contributed by atoms with E-state index in [9.17, 15) is 4.79 Å². The summed E-state index contributed by atoms with van der Waals surface area (Å²) in [5.41, 5.74) is 0.679. The van der Waals surface area contributed by atoms with E-state index in [-0.39, 0.29) is 18.5 Å². The Balaban J connectivity index is 2.91. The molecule has 0 fully saturated rings. The molecule has 1 aromatic heterocycles. The van der Waals surface area contributed by atoms with Crippen LogP contribution in [0.5, 0.6) is 5.88 Å². The number of hydrogen-bond acceptors (Lipinski definition) is 5. The number of nitrogens with zero attached hydrogens (tertiary/aromatic N) is 2.